The lowest BCUT2D eigenvalue weighted by atomic mass is 10.0. The minimum Gasteiger partial charge on any atom is -0.375 e. The normalized spacial score (nSPS) is 23.7. The lowest BCUT2D eigenvalue weighted by molar-refractivity contribution is -0.0817. The van der Waals surface area contributed by atoms with Crippen LogP contribution in [0.15, 0.2) is 35.3 Å². The zero-order valence-electron chi connectivity index (χ0n) is 18.9. The van der Waals surface area contributed by atoms with Gasteiger partial charge in [-0.3, -0.25) is 4.99 Å². The smallest absolute Gasteiger partial charge is 0.194 e. The largest absolute Gasteiger partial charge is 0.375 e. The van der Waals surface area contributed by atoms with Gasteiger partial charge in [-0.15, -0.1) is 24.0 Å². The molecule has 3 atom stereocenters. The van der Waals surface area contributed by atoms with E-state index < -0.39 is 0 Å². The lowest BCUT2D eigenvalue weighted by Crippen LogP contribution is -2.54. The third kappa shape index (κ3) is 7.35. The Morgan fingerprint density at radius 3 is 2.60 bits per heavy atom. The molecule has 0 radical (unpaired) electrons. The average molecular weight is 530 g/mol. The summed E-state index contributed by atoms with van der Waals surface area (Å²) in [6, 6.07) is 10.8. The molecular formula is C23H39IN4O2. The van der Waals surface area contributed by atoms with E-state index >= 15 is 0 Å². The van der Waals surface area contributed by atoms with E-state index in [-0.39, 0.29) is 47.8 Å². The summed E-state index contributed by atoms with van der Waals surface area (Å²) in [5.74, 6) is 0.973. The Morgan fingerprint density at radius 1 is 1.20 bits per heavy atom. The van der Waals surface area contributed by atoms with Gasteiger partial charge in [-0.1, -0.05) is 30.3 Å². The molecule has 2 fully saturated rings. The first-order valence-electron chi connectivity index (χ1n) is 11.1. The number of morpholine rings is 1. The number of aliphatic imine (C=N–C) groups is 1. The van der Waals surface area contributed by atoms with Gasteiger partial charge >= 0.3 is 0 Å². The van der Waals surface area contributed by atoms with Crippen molar-refractivity contribution < 1.29 is 9.47 Å². The van der Waals surface area contributed by atoms with Gasteiger partial charge in [0.2, 0.25) is 0 Å². The fraction of sp³-hybridized carbons (Fsp3) is 0.696. The predicted octanol–water partition coefficient (Wildman–Crippen LogP) is 3.58. The van der Waals surface area contributed by atoms with Crippen molar-refractivity contribution in [3.05, 3.63) is 35.9 Å². The summed E-state index contributed by atoms with van der Waals surface area (Å²) in [5, 5.41) is 7.20. The highest BCUT2D eigenvalue weighted by Crippen LogP contribution is 2.21. The van der Waals surface area contributed by atoms with E-state index in [9.17, 15) is 0 Å². The van der Waals surface area contributed by atoms with Crippen molar-refractivity contribution in [2.75, 3.05) is 39.4 Å². The molecule has 2 aliphatic rings. The molecule has 1 aromatic carbocycles. The maximum atomic E-state index is 6.01. The molecule has 2 heterocycles. The quantitative estimate of drug-likeness (QED) is 0.321. The second-order valence-electron chi connectivity index (χ2n) is 8.74. The second kappa shape index (κ2) is 12.2. The summed E-state index contributed by atoms with van der Waals surface area (Å²) in [5.41, 5.74) is 1.18. The van der Waals surface area contributed by atoms with E-state index in [1.54, 1.807) is 0 Å². The number of hydrogen-bond acceptors (Lipinski definition) is 4. The van der Waals surface area contributed by atoms with Gasteiger partial charge in [0.15, 0.2) is 5.96 Å². The Labute approximate surface area is 199 Å². The van der Waals surface area contributed by atoms with Crippen molar-refractivity contribution in [3.8, 4) is 0 Å². The molecule has 0 aliphatic carbocycles. The van der Waals surface area contributed by atoms with Crippen LogP contribution < -0.4 is 10.6 Å². The topological polar surface area (TPSA) is 58.1 Å². The van der Waals surface area contributed by atoms with Gasteiger partial charge in [0.1, 0.15) is 6.10 Å². The van der Waals surface area contributed by atoms with Crippen LogP contribution in [0.4, 0.5) is 0 Å². The fourth-order valence-corrected chi connectivity index (χ4v) is 4.14. The molecule has 2 N–H and O–H groups in total. The Bertz CT molecular complexity index is 650. The van der Waals surface area contributed by atoms with Crippen molar-refractivity contribution in [3.63, 3.8) is 0 Å². The summed E-state index contributed by atoms with van der Waals surface area (Å²) < 4.78 is 11.9. The number of nitrogens with zero attached hydrogens (tertiary/aromatic N) is 2. The Kier molecular flexibility index (Phi) is 10.3. The number of ether oxygens (including phenoxy) is 2. The van der Waals surface area contributed by atoms with Gasteiger partial charge in [-0.2, -0.15) is 0 Å². The molecule has 7 heteroatoms. The van der Waals surface area contributed by atoms with E-state index in [2.05, 4.69) is 73.6 Å². The van der Waals surface area contributed by atoms with Crippen LogP contribution in [0.3, 0.4) is 0 Å². The standard InChI is InChI=1S/C23H38N4O2.HI/c1-5-24-22(27-13-15-29-21(16-27)20-12-9-14-28-20)25-17-23(3,4)26-18(2)19-10-7-6-8-11-19;/h6-8,10-11,18,20-21,26H,5,9,12-17H2,1-4H3,(H,24,25);1H. The SMILES string of the molecule is CCNC(=NCC(C)(C)NC(C)c1ccccc1)N1CCOC(C2CCCO2)C1.I. The molecule has 3 rings (SSSR count). The van der Waals surface area contributed by atoms with Crippen LogP contribution in [-0.2, 0) is 9.47 Å². The monoisotopic (exact) mass is 530 g/mol. The van der Waals surface area contributed by atoms with Gasteiger partial charge in [0.25, 0.3) is 0 Å². The third-order valence-corrected chi connectivity index (χ3v) is 5.64. The molecular weight excluding hydrogens is 491 g/mol. The van der Waals surface area contributed by atoms with Gasteiger partial charge in [0, 0.05) is 37.8 Å². The summed E-state index contributed by atoms with van der Waals surface area (Å²) in [6.45, 7) is 13.6. The maximum absolute atomic E-state index is 6.01. The minimum absolute atomic E-state index is 0. The number of benzene rings is 1. The van der Waals surface area contributed by atoms with Crippen LogP contribution in [-0.4, -0.2) is 68.0 Å². The molecule has 0 saturated carbocycles. The van der Waals surface area contributed by atoms with Crippen molar-refractivity contribution in [1.82, 2.24) is 15.5 Å². The fourth-order valence-electron chi connectivity index (χ4n) is 4.14. The number of nitrogens with one attached hydrogen (secondary N) is 2. The molecule has 6 nitrogen and oxygen atoms in total. The highest BCUT2D eigenvalue weighted by Gasteiger charge is 2.32. The first-order chi connectivity index (χ1) is 14.0. The van der Waals surface area contributed by atoms with Crippen molar-refractivity contribution in [2.24, 2.45) is 4.99 Å². The summed E-state index contributed by atoms with van der Waals surface area (Å²) >= 11 is 0. The van der Waals surface area contributed by atoms with Crippen LogP contribution in [0.2, 0.25) is 0 Å². The summed E-state index contributed by atoms with van der Waals surface area (Å²) in [7, 11) is 0. The van der Waals surface area contributed by atoms with Crippen LogP contribution in [0.1, 0.15) is 52.1 Å². The van der Waals surface area contributed by atoms with Gasteiger partial charge in [-0.05, 0) is 46.1 Å². The van der Waals surface area contributed by atoms with Gasteiger partial charge in [0.05, 0.1) is 19.3 Å². The molecule has 30 heavy (non-hydrogen) atoms. The van der Waals surface area contributed by atoms with E-state index in [1.807, 2.05) is 0 Å². The predicted molar refractivity (Wildman–Crippen MR) is 134 cm³/mol. The van der Waals surface area contributed by atoms with Crippen LogP contribution in [0.25, 0.3) is 0 Å². The minimum atomic E-state index is -0.115. The Balaban J connectivity index is 0.00000320. The third-order valence-electron chi connectivity index (χ3n) is 5.64. The Morgan fingerprint density at radius 2 is 1.93 bits per heavy atom. The zero-order valence-corrected chi connectivity index (χ0v) is 21.2. The molecule has 1 aromatic rings. The summed E-state index contributed by atoms with van der Waals surface area (Å²) in [6.07, 6.45) is 2.60. The van der Waals surface area contributed by atoms with E-state index in [4.69, 9.17) is 14.5 Å². The molecule has 3 unspecified atom stereocenters. The van der Waals surface area contributed by atoms with E-state index in [0.717, 1.165) is 51.6 Å². The number of hydrogen-bond donors (Lipinski definition) is 2. The lowest BCUT2D eigenvalue weighted by Gasteiger charge is -2.37. The average Bonchev–Trinajstić information content (AvgIpc) is 3.26. The highest BCUT2D eigenvalue weighted by molar-refractivity contribution is 14.0. The molecule has 170 valence electrons. The summed E-state index contributed by atoms with van der Waals surface area (Å²) in [4.78, 5) is 7.32. The number of rotatable bonds is 7. The van der Waals surface area contributed by atoms with Crippen LogP contribution >= 0.6 is 24.0 Å². The van der Waals surface area contributed by atoms with Crippen LogP contribution in [0.5, 0.6) is 0 Å². The number of halogens is 1. The van der Waals surface area contributed by atoms with Gasteiger partial charge in [-0.25, -0.2) is 0 Å². The zero-order chi connectivity index (χ0) is 20.7. The van der Waals surface area contributed by atoms with Crippen LogP contribution in [0, 0.1) is 0 Å². The highest BCUT2D eigenvalue weighted by atomic mass is 127. The first-order valence-corrected chi connectivity index (χ1v) is 11.1. The van der Waals surface area contributed by atoms with Crippen molar-refractivity contribution >= 4 is 29.9 Å². The number of guanidine groups is 1. The molecule has 0 bridgehead atoms. The van der Waals surface area contributed by atoms with E-state index in [1.165, 1.54) is 5.56 Å². The molecule has 0 spiro atoms. The molecule has 2 aliphatic heterocycles. The first kappa shape index (κ1) is 25.4. The van der Waals surface area contributed by atoms with E-state index in [0.29, 0.717) is 6.54 Å². The molecule has 2 saturated heterocycles. The maximum Gasteiger partial charge on any atom is 0.194 e. The van der Waals surface area contributed by atoms with Crippen molar-refractivity contribution in [2.45, 2.75) is 64.3 Å². The van der Waals surface area contributed by atoms with Gasteiger partial charge < -0.3 is 25.0 Å². The van der Waals surface area contributed by atoms with Crippen molar-refractivity contribution in [1.29, 1.82) is 0 Å². The molecule has 0 aromatic heterocycles. The second-order valence-corrected chi connectivity index (χ2v) is 8.74. The Hall–Kier alpha value is -0.900. The molecule has 0 amide bonds.